The molecule has 0 unspecified atom stereocenters. The summed E-state index contributed by atoms with van der Waals surface area (Å²) in [6, 6.07) is -0.127. The molecule has 8 nitrogen and oxygen atoms in total. The number of nitrogens with one attached hydrogen (secondary N) is 1. The van der Waals surface area contributed by atoms with E-state index in [1.165, 1.54) is 0 Å². The minimum Gasteiger partial charge on any atom is -0.480 e. The van der Waals surface area contributed by atoms with Gasteiger partial charge in [-0.05, 0) is 6.42 Å². The van der Waals surface area contributed by atoms with Gasteiger partial charge in [-0.2, -0.15) is 0 Å². The maximum atomic E-state index is 11.9. The minimum absolute atomic E-state index is 0.228. The molecule has 1 aromatic heterocycles. The van der Waals surface area contributed by atoms with Crippen LogP contribution in [0.1, 0.15) is 30.1 Å². The molecule has 0 fully saturated rings. The van der Waals surface area contributed by atoms with Gasteiger partial charge < -0.3 is 10.4 Å². The molecule has 0 aromatic carbocycles. The van der Waals surface area contributed by atoms with Gasteiger partial charge in [-0.3, -0.25) is 14.9 Å². The summed E-state index contributed by atoms with van der Waals surface area (Å²) in [6.45, 7) is 1.77. The molecule has 2 N–H and O–H groups in total. The van der Waals surface area contributed by atoms with E-state index in [1.54, 1.807) is 6.92 Å². The Balaban J connectivity index is 2.99. The number of aliphatic carboxylic acids is 1. The van der Waals surface area contributed by atoms with Crippen LogP contribution in [-0.4, -0.2) is 32.9 Å². The van der Waals surface area contributed by atoms with Crippen LogP contribution >= 0.6 is 11.6 Å². The Kier molecular flexibility index (Phi) is 5.39. The molecule has 0 saturated carbocycles. The van der Waals surface area contributed by atoms with Crippen LogP contribution < -0.4 is 5.32 Å². The van der Waals surface area contributed by atoms with Gasteiger partial charge in [-0.25, -0.2) is 9.78 Å². The molecule has 0 bridgehead atoms. The zero-order chi connectivity index (χ0) is 15.3. The van der Waals surface area contributed by atoms with Gasteiger partial charge in [0, 0.05) is 6.07 Å². The highest BCUT2D eigenvalue weighted by Crippen LogP contribution is 2.19. The summed E-state index contributed by atoms with van der Waals surface area (Å²) in [5.74, 6) is -2.00. The van der Waals surface area contributed by atoms with Crippen molar-refractivity contribution in [3.05, 3.63) is 33.1 Å². The number of nitrogens with zero attached hydrogens (tertiary/aromatic N) is 2. The highest BCUT2D eigenvalue weighted by Gasteiger charge is 2.23. The summed E-state index contributed by atoms with van der Waals surface area (Å²) < 4.78 is 0. The average molecular weight is 302 g/mol. The molecule has 1 atom stereocenters. The monoisotopic (exact) mass is 301 g/mol. The van der Waals surface area contributed by atoms with E-state index in [9.17, 15) is 19.7 Å². The Labute approximate surface area is 118 Å². The van der Waals surface area contributed by atoms with Crippen LogP contribution in [-0.2, 0) is 4.79 Å². The van der Waals surface area contributed by atoms with Gasteiger partial charge in [0.05, 0.1) is 10.5 Å². The van der Waals surface area contributed by atoms with Crippen LogP contribution in [0.4, 0.5) is 5.69 Å². The van der Waals surface area contributed by atoms with Crippen molar-refractivity contribution in [2.75, 3.05) is 0 Å². The highest BCUT2D eigenvalue weighted by molar-refractivity contribution is 6.32. The molecule has 1 heterocycles. The summed E-state index contributed by atoms with van der Waals surface area (Å²) in [4.78, 5) is 36.3. The minimum atomic E-state index is -1.19. The Morgan fingerprint density at radius 1 is 1.60 bits per heavy atom. The van der Waals surface area contributed by atoms with Gasteiger partial charge in [0.25, 0.3) is 11.6 Å². The molecule has 0 aliphatic rings. The molecule has 0 aliphatic carbocycles. The second-order valence-electron chi connectivity index (χ2n) is 3.94. The van der Waals surface area contributed by atoms with Crippen LogP contribution in [0.15, 0.2) is 12.3 Å². The zero-order valence-electron chi connectivity index (χ0n) is 10.5. The van der Waals surface area contributed by atoms with E-state index in [0.717, 1.165) is 12.3 Å². The van der Waals surface area contributed by atoms with E-state index in [-0.39, 0.29) is 17.1 Å². The van der Waals surface area contributed by atoms with E-state index < -0.39 is 28.5 Å². The number of carbonyl (C=O) groups excluding carboxylic acids is 1. The molecule has 108 valence electrons. The van der Waals surface area contributed by atoms with E-state index in [0.29, 0.717) is 6.42 Å². The molecule has 9 heteroatoms. The van der Waals surface area contributed by atoms with Crippen LogP contribution in [0.25, 0.3) is 0 Å². The SMILES string of the molecule is CCC[C@H](NC(=O)c1cc([N+](=O)[O-])cnc1Cl)C(=O)O. The number of carbonyl (C=O) groups is 2. The quantitative estimate of drug-likeness (QED) is 0.467. The van der Waals surface area contributed by atoms with Gasteiger partial charge in [-0.1, -0.05) is 24.9 Å². The first-order valence-corrected chi connectivity index (χ1v) is 6.08. The first kappa shape index (κ1) is 15.8. The lowest BCUT2D eigenvalue weighted by Crippen LogP contribution is -2.40. The molecule has 1 aromatic rings. The average Bonchev–Trinajstić information content (AvgIpc) is 2.38. The van der Waals surface area contributed by atoms with Gasteiger partial charge in [-0.15, -0.1) is 0 Å². The highest BCUT2D eigenvalue weighted by atomic mass is 35.5. The number of carboxylic acids is 1. The summed E-state index contributed by atoms with van der Waals surface area (Å²) in [5, 5.41) is 21.6. The normalized spacial score (nSPS) is 11.7. The van der Waals surface area contributed by atoms with E-state index in [4.69, 9.17) is 16.7 Å². The van der Waals surface area contributed by atoms with Crippen molar-refractivity contribution >= 4 is 29.2 Å². The maximum absolute atomic E-state index is 11.9. The van der Waals surface area contributed by atoms with E-state index >= 15 is 0 Å². The number of hydrogen-bond donors (Lipinski definition) is 2. The van der Waals surface area contributed by atoms with Crippen molar-refractivity contribution in [3.63, 3.8) is 0 Å². The molecule has 1 amide bonds. The van der Waals surface area contributed by atoms with E-state index in [1.807, 2.05) is 0 Å². The molecular weight excluding hydrogens is 290 g/mol. The third-order valence-electron chi connectivity index (χ3n) is 2.46. The lowest BCUT2D eigenvalue weighted by atomic mass is 10.1. The predicted molar refractivity (Wildman–Crippen MR) is 69.7 cm³/mol. The third kappa shape index (κ3) is 3.89. The molecular formula is C11H12ClN3O5. The van der Waals surface area contributed by atoms with Crippen molar-refractivity contribution in [2.24, 2.45) is 0 Å². The van der Waals surface area contributed by atoms with Crippen molar-refractivity contribution < 1.29 is 19.6 Å². The smallest absolute Gasteiger partial charge is 0.326 e. The maximum Gasteiger partial charge on any atom is 0.326 e. The Morgan fingerprint density at radius 2 is 2.25 bits per heavy atom. The van der Waals surface area contributed by atoms with Gasteiger partial charge in [0.1, 0.15) is 17.4 Å². The van der Waals surface area contributed by atoms with Gasteiger partial charge >= 0.3 is 5.97 Å². The fourth-order valence-corrected chi connectivity index (χ4v) is 1.67. The van der Waals surface area contributed by atoms with Crippen LogP contribution in [0.3, 0.4) is 0 Å². The molecule has 0 aliphatic heterocycles. The zero-order valence-corrected chi connectivity index (χ0v) is 11.3. The van der Waals surface area contributed by atoms with Crippen molar-refractivity contribution in [1.29, 1.82) is 0 Å². The van der Waals surface area contributed by atoms with Crippen molar-refractivity contribution in [2.45, 2.75) is 25.8 Å². The number of aromatic nitrogens is 1. The number of rotatable bonds is 6. The van der Waals surface area contributed by atoms with Gasteiger partial charge in [0.15, 0.2) is 0 Å². The number of pyridine rings is 1. The first-order valence-electron chi connectivity index (χ1n) is 5.70. The number of amides is 1. The van der Waals surface area contributed by atoms with Crippen molar-refractivity contribution in [3.8, 4) is 0 Å². The van der Waals surface area contributed by atoms with Crippen LogP contribution in [0.5, 0.6) is 0 Å². The molecule has 0 saturated heterocycles. The van der Waals surface area contributed by atoms with Gasteiger partial charge in [0.2, 0.25) is 0 Å². The number of halogens is 1. The Bertz CT molecular complexity index is 549. The lowest BCUT2D eigenvalue weighted by molar-refractivity contribution is -0.385. The number of carboxylic acid groups (broad SMARTS) is 1. The Morgan fingerprint density at radius 3 is 2.75 bits per heavy atom. The summed E-state index contributed by atoms with van der Waals surface area (Å²) in [6.07, 6.45) is 1.71. The summed E-state index contributed by atoms with van der Waals surface area (Å²) in [7, 11) is 0. The Hall–Kier alpha value is -2.22. The lowest BCUT2D eigenvalue weighted by Gasteiger charge is -2.13. The fraction of sp³-hybridized carbons (Fsp3) is 0.364. The first-order chi connectivity index (χ1) is 9.36. The molecule has 0 radical (unpaired) electrons. The topological polar surface area (TPSA) is 122 Å². The molecule has 1 rings (SSSR count). The fourth-order valence-electron chi connectivity index (χ4n) is 1.48. The standard InChI is InChI=1S/C11H12ClN3O5/c1-2-3-8(11(17)18)14-10(16)7-4-6(15(19)20)5-13-9(7)12/h4-5,8H,2-3H2,1H3,(H,14,16)(H,17,18)/t8-/m0/s1. The second kappa shape index (κ2) is 6.80. The van der Waals surface area contributed by atoms with Crippen LogP contribution in [0.2, 0.25) is 5.15 Å². The number of hydrogen-bond acceptors (Lipinski definition) is 5. The largest absolute Gasteiger partial charge is 0.480 e. The summed E-state index contributed by atoms with van der Waals surface area (Å²) in [5.41, 5.74) is -0.634. The molecule has 20 heavy (non-hydrogen) atoms. The van der Waals surface area contributed by atoms with Crippen molar-refractivity contribution in [1.82, 2.24) is 10.3 Å². The van der Waals surface area contributed by atoms with Crippen LogP contribution in [0, 0.1) is 10.1 Å². The molecule has 0 spiro atoms. The second-order valence-corrected chi connectivity index (χ2v) is 4.30. The summed E-state index contributed by atoms with van der Waals surface area (Å²) >= 11 is 5.69. The predicted octanol–water partition coefficient (Wildman–Crippen LogP) is 1.63. The number of nitro groups is 1. The third-order valence-corrected chi connectivity index (χ3v) is 2.76. The van der Waals surface area contributed by atoms with E-state index in [2.05, 4.69) is 10.3 Å².